The van der Waals surface area contributed by atoms with Gasteiger partial charge < -0.3 is 10.0 Å². The molecule has 0 radical (unpaired) electrons. The Labute approximate surface area is 114 Å². The number of pyridine rings is 1. The first kappa shape index (κ1) is 13.3. The molecule has 0 aromatic carbocycles. The van der Waals surface area contributed by atoms with Crippen LogP contribution in [0.25, 0.3) is 0 Å². The molecule has 96 valence electrons. The third-order valence-electron chi connectivity index (χ3n) is 2.17. The molecule has 0 fully saturated rings. The van der Waals surface area contributed by atoms with Gasteiger partial charge in [0.15, 0.2) is 4.34 Å². The number of hydrogen-bond acceptors (Lipinski definition) is 7. The lowest BCUT2D eigenvalue weighted by Gasteiger charge is -2.04. The number of aliphatic hydroxyl groups excluding tert-OH is 1. The van der Waals surface area contributed by atoms with Crippen molar-refractivity contribution >= 4 is 28.2 Å². The molecule has 0 amide bonds. The summed E-state index contributed by atoms with van der Waals surface area (Å²) in [6, 6.07) is 3.75. The van der Waals surface area contributed by atoms with Gasteiger partial charge >= 0.3 is 0 Å². The van der Waals surface area contributed by atoms with Gasteiger partial charge in [-0.15, -0.1) is 10.2 Å². The van der Waals surface area contributed by atoms with E-state index in [2.05, 4.69) is 15.2 Å². The zero-order chi connectivity index (χ0) is 13.1. The maximum atomic E-state index is 9.37. The van der Waals surface area contributed by atoms with Gasteiger partial charge in [-0.1, -0.05) is 23.1 Å². The third kappa shape index (κ3) is 3.18. The summed E-state index contributed by atoms with van der Waals surface area (Å²) in [4.78, 5) is 7.11. The van der Waals surface area contributed by atoms with Crippen LogP contribution in [0.5, 0.6) is 0 Å². The zero-order valence-electron chi connectivity index (χ0n) is 10.4. The second-order valence-corrected chi connectivity index (χ2v) is 6.22. The summed E-state index contributed by atoms with van der Waals surface area (Å²) in [5.41, 5.74) is 0.672. The maximum absolute atomic E-state index is 9.37. The SMILES string of the molecule is C[C@H](O)c1ccc(Sc2nnc(N(C)C)s2)cn1. The van der Waals surface area contributed by atoms with E-state index in [-0.39, 0.29) is 0 Å². The summed E-state index contributed by atoms with van der Waals surface area (Å²) in [7, 11) is 3.88. The molecule has 0 unspecified atom stereocenters. The molecule has 1 atom stereocenters. The normalized spacial score (nSPS) is 12.4. The fourth-order valence-corrected chi connectivity index (χ4v) is 2.93. The maximum Gasteiger partial charge on any atom is 0.208 e. The lowest BCUT2D eigenvalue weighted by molar-refractivity contribution is 0.194. The molecule has 0 saturated heterocycles. The van der Waals surface area contributed by atoms with Gasteiger partial charge in [0.05, 0.1) is 11.8 Å². The summed E-state index contributed by atoms with van der Waals surface area (Å²) in [6.45, 7) is 1.70. The van der Waals surface area contributed by atoms with Gasteiger partial charge in [0.25, 0.3) is 0 Å². The predicted octanol–water partition coefficient (Wildman–Crippen LogP) is 2.20. The first-order valence-corrected chi connectivity index (χ1v) is 7.02. The fourth-order valence-electron chi connectivity index (χ4n) is 1.22. The summed E-state index contributed by atoms with van der Waals surface area (Å²) in [6.07, 6.45) is 1.20. The number of aromatic nitrogens is 3. The predicted molar refractivity (Wildman–Crippen MR) is 73.2 cm³/mol. The molecule has 5 nitrogen and oxygen atoms in total. The van der Waals surface area contributed by atoms with E-state index in [0.29, 0.717) is 5.69 Å². The molecule has 0 saturated carbocycles. The van der Waals surface area contributed by atoms with E-state index >= 15 is 0 Å². The van der Waals surface area contributed by atoms with E-state index in [0.717, 1.165) is 14.4 Å². The summed E-state index contributed by atoms with van der Waals surface area (Å²) in [5, 5.41) is 18.4. The number of nitrogens with zero attached hydrogens (tertiary/aromatic N) is 4. The smallest absolute Gasteiger partial charge is 0.208 e. The van der Waals surface area contributed by atoms with Gasteiger partial charge in [0.1, 0.15) is 0 Å². The van der Waals surface area contributed by atoms with E-state index in [9.17, 15) is 5.11 Å². The molecule has 0 aliphatic carbocycles. The highest BCUT2D eigenvalue weighted by Gasteiger charge is 2.08. The van der Waals surface area contributed by atoms with E-state index in [1.807, 2.05) is 31.1 Å². The van der Waals surface area contributed by atoms with E-state index in [4.69, 9.17) is 0 Å². The van der Waals surface area contributed by atoms with Crippen LogP contribution < -0.4 is 4.90 Å². The molecule has 2 heterocycles. The lowest BCUT2D eigenvalue weighted by atomic mass is 10.2. The number of hydrogen-bond donors (Lipinski definition) is 1. The van der Waals surface area contributed by atoms with Crippen LogP contribution in [0.1, 0.15) is 18.7 Å². The number of anilines is 1. The molecule has 7 heteroatoms. The first-order valence-electron chi connectivity index (χ1n) is 5.39. The van der Waals surface area contributed by atoms with Crippen LogP contribution >= 0.6 is 23.1 Å². The Bertz CT molecular complexity index is 510. The van der Waals surface area contributed by atoms with Crippen molar-refractivity contribution in [3.05, 3.63) is 24.0 Å². The van der Waals surface area contributed by atoms with Crippen molar-refractivity contribution in [3.63, 3.8) is 0 Å². The highest BCUT2D eigenvalue weighted by Crippen LogP contribution is 2.32. The minimum absolute atomic E-state index is 0.536. The molecule has 0 bridgehead atoms. The molecule has 0 spiro atoms. The number of rotatable bonds is 4. The van der Waals surface area contributed by atoms with Crippen molar-refractivity contribution in [3.8, 4) is 0 Å². The van der Waals surface area contributed by atoms with Crippen LogP contribution in [0.2, 0.25) is 0 Å². The van der Waals surface area contributed by atoms with Gasteiger partial charge in [0.2, 0.25) is 5.13 Å². The van der Waals surface area contributed by atoms with Gasteiger partial charge in [-0.3, -0.25) is 4.98 Å². The van der Waals surface area contributed by atoms with E-state index in [1.165, 1.54) is 23.1 Å². The van der Waals surface area contributed by atoms with Gasteiger partial charge in [-0.05, 0) is 19.1 Å². The summed E-state index contributed by atoms with van der Waals surface area (Å²) < 4.78 is 0.880. The van der Waals surface area contributed by atoms with Crippen LogP contribution in [0, 0.1) is 0 Å². The molecule has 2 rings (SSSR count). The molecular weight excluding hydrogens is 268 g/mol. The van der Waals surface area contributed by atoms with Crippen molar-refractivity contribution in [1.29, 1.82) is 0 Å². The highest BCUT2D eigenvalue weighted by molar-refractivity contribution is 8.01. The Kier molecular flexibility index (Phi) is 4.15. The Balaban J connectivity index is 2.08. The van der Waals surface area contributed by atoms with Crippen LogP contribution in [0.4, 0.5) is 5.13 Å². The van der Waals surface area contributed by atoms with E-state index in [1.54, 1.807) is 13.1 Å². The van der Waals surface area contributed by atoms with Crippen LogP contribution in [-0.2, 0) is 0 Å². The highest BCUT2D eigenvalue weighted by atomic mass is 32.2. The first-order chi connectivity index (χ1) is 8.56. The quantitative estimate of drug-likeness (QED) is 0.927. The molecule has 18 heavy (non-hydrogen) atoms. The van der Waals surface area contributed by atoms with Crippen molar-refractivity contribution in [2.75, 3.05) is 19.0 Å². The van der Waals surface area contributed by atoms with Crippen LogP contribution in [0.3, 0.4) is 0 Å². The van der Waals surface area contributed by atoms with Crippen molar-refractivity contribution in [2.45, 2.75) is 22.3 Å². The Morgan fingerprint density at radius 2 is 2.11 bits per heavy atom. The largest absolute Gasteiger partial charge is 0.387 e. The average molecular weight is 282 g/mol. The van der Waals surface area contributed by atoms with Crippen LogP contribution in [0.15, 0.2) is 27.6 Å². The second-order valence-electron chi connectivity index (χ2n) is 3.94. The average Bonchev–Trinajstić information content (AvgIpc) is 2.78. The third-order valence-corrected chi connectivity index (χ3v) is 4.29. The standard InChI is InChI=1S/C11H14N4OS2/c1-7(16)9-5-4-8(6-12-9)17-11-14-13-10(18-11)15(2)3/h4-7,16H,1-3H3/t7-/m0/s1. The van der Waals surface area contributed by atoms with Crippen molar-refractivity contribution in [1.82, 2.24) is 15.2 Å². The van der Waals surface area contributed by atoms with Gasteiger partial charge in [-0.2, -0.15) is 0 Å². The Morgan fingerprint density at radius 3 is 2.61 bits per heavy atom. The molecule has 1 N–H and O–H groups in total. The van der Waals surface area contributed by atoms with E-state index < -0.39 is 6.10 Å². The van der Waals surface area contributed by atoms with Crippen LogP contribution in [-0.4, -0.2) is 34.4 Å². The minimum Gasteiger partial charge on any atom is -0.387 e. The lowest BCUT2D eigenvalue weighted by Crippen LogP contribution is -2.07. The topological polar surface area (TPSA) is 62.1 Å². The molecule has 2 aromatic heterocycles. The van der Waals surface area contributed by atoms with Crippen molar-refractivity contribution in [2.24, 2.45) is 0 Å². The van der Waals surface area contributed by atoms with Gasteiger partial charge in [-0.25, -0.2) is 0 Å². The monoisotopic (exact) mass is 282 g/mol. The Morgan fingerprint density at radius 1 is 1.33 bits per heavy atom. The fraction of sp³-hybridized carbons (Fsp3) is 0.364. The molecule has 0 aliphatic rings. The van der Waals surface area contributed by atoms with Gasteiger partial charge in [0, 0.05) is 25.2 Å². The summed E-state index contributed by atoms with van der Waals surface area (Å²) >= 11 is 3.06. The molecule has 0 aliphatic heterocycles. The molecular formula is C11H14N4OS2. The van der Waals surface area contributed by atoms with Crippen molar-refractivity contribution < 1.29 is 5.11 Å². The second kappa shape index (κ2) is 5.64. The Hall–Kier alpha value is -1.18. The number of aliphatic hydroxyl groups is 1. The molecule has 2 aromatic rings. The summed E-state index contributed by atoms with van der Waals surface area (Å²) in [5.74, 6) is 0. The minimum atomic E-state index is -0.536. The zero-order valence-corrected chi connectivity index (χ0v) is 12.0.